The Labute approximate surface area is 86.6 Å². The average molecular weight is 295 g/mol. The van der Waals surface area contributed by atoms with Crippen LogP contribution in [0.5, 0.6) is 0 Å². The number of hydrogen-bond acceptors (Lipinski definition) is 0. The van der Waals surface area contributed by atoms with E-state index < -0.39 is 22.4 Å². The third-order valence-corrected chi connectivity index (χ3v) is 2.68. The van der Waals surface area contributed by atoms with Gasteiger partial charge in [-0.1, -0.05) is 0 Å². The van der Waals surface area contributed by atoms with Gasteiger partial charge < -0.3 is 4.48 Å². The van der Waals surface area contributed by atoms with Gasteiger partial charge in [-0.3, -0.25) is 0 Å². The number of halogens is 3. The molecule has 0 fully saturated rings. The zero-order chi connectivity index (χ0) is 10.0. The molecule has 4 heteroatoms. The van der Waals surface area contributed by atoms with E-state index in [2.05, 4.69) is 27.7 Å². The molecule has 0 aliphatic carbocycles. The summed E-state index contributed by atoms with van der Waals surface area (Å²) in [5.74, 6) is 0. The molecule has 12 heavy (non-hydrogen) atoms. The van der Waals surface area contributed by atoms with Crippen molar-refractivity contribution in [3.8, 4) is 0 Å². The van der Waals surface area contributed by atoms with Crippen LogP contribution in [0.15, 0.2) is 0 Å². The number of quaternary nitrogens is 1. The second kappa shape index (κ2) is 9.64. The fraction of sp³-hybridized carbons (Fsp3) is 1.00. The molecular formula is C8H20F2IN. The van der Waals surface area contributed by atoms with E-state index in [9.17, 15) is 5.72 Å². The second-order valence-corrected chi connectivity index (χ2v) is 2.97. The molecule has 0 amide bonds. The van der Waals surface area contributed by atoms with Crippen LogP contribution in [0.3, 0.4) is 0 Å². The number of nitrogens with zero attached hydrogens (tertiary/aromatic N) is 1. The summed E-state index contributed by atoms with van der Waals surface area (Å²) in [5, 5.41) is 0. The summed E-state index contributed by atoms with van der Waals surface area (Å²) in [6.07, 6.45) is 0. The van der Waals surface area contributed by atoms with E-state index >= 15 is 0 Å². The van der Waals surface area contributed by atoms with Gasteiger partial charge in [-0.15, -0.1) is 0 Å². The first-order chi connectivity index (χ1) is 5.66. The van der Waals surface area contributed by atoms with E-state index in [1.54, 1.807) is 0 Å². The third-order valence-electron chi connectivity index (χ3n) is 2.68. The van der Waals surface area contributed by atoms with Crippen LogP contribution in [-0.4, -0.2) is 30.7 Å². The van der Waals surface area contributed by atoms with Gasteiger partial charge in [-0.25, -0.2) is 0 Å². The summed E-state index contributed by atoms with van der Waals surface area (Å²) in [6, 6.07) is 0. The Kier molecular flexibility index (Phi) is 12.1. The van der Waals surface area contributed by atoms with Crippen molar-refractivity contribution < 1.29 is 32.6 Å². The van der Waals surface area contributed by atoms with E-state index in [4.69, 9.17) is 0 Å². The molecule has 0 atom stereocenters. The van der Waals surface area contributed by atoms with Crippen LogP contribution in [-0.2, 0) is 0 Å². The van der Waals surface area contributed by atoms with Crippen molar-refractivity contribution in [3.63, 3.8) is 0 Å². The molecule has 0 aromatic carbocycles. The van der Waals surface area contributed by atoms with Gasteiger partial charge in [0.15, 0.2) is 0 Å². The molecule has 0 aromatic heterocycles. The second-order valence-electron chi connectivity index (χ2n) is 2.66. The van der Waals surface area contributed by atoms with Crippen molar-refractivity contribution in [2.75, 3.05) is 26.2 Å². The molecule has 0 bridgehead atoms. The molecule has 0 heterocycles. The molecule has 0 aliphatic heterocycles. The van der Waals surface area contributed by atoms with Crippen LogP contribution in [0.4, 0.5) is 5.72 Å². The van der Waals surface area contributed by atoms with Crippen LogP contribution >= 0.6 is 0 Å². The maximum atomic E-state index is 9.74. The SMILES string of the molecule is CC[N+](CC)(CC)CC.F[I-]F. The Bertz CT molecular complexity index is 69.6. The van der Waals surface area contributed by atoms with Crippen LogP contribution in [0.2, 0.25) is 0 Å². The summed E-state index contributed by atoms with van der Waals surface area (Å²) >= 11 is -2.41. The van der Waals surface area contributed by atoms with E-state index in [0.717, 1.165) is 0 Å². The van der Waals surface area contributed by atoms with Crippen molar-refractivity contribution in [1.29, 1.82) is 0 Å². The van der Waals surface area contributed by atoms with Crippen molar-refractivity contribution >= 4 is 0 Å². The Hall–Kier alpha value is 0.550. The van der Waals surface area contributed by atoms with Gasteiger partial charge in [0.1, 0.15) is 0 Å². The first kappa shape index (κ1) is 15.0. The molecule has 0 spiro atoms. The summed E-state index contributed by atoms with van der Waals surface area (Å²) in [5.41, 5.74) is 0. The summed E-state index contributed by atoms with van der Waals surface area (Å²) < 4.78 is 20.7. The monoisotopic (exact) mass is 295 g/mol. The van der Waals surface area contributed by atoms with Crippen molar-refractivity contribution in [2.45, 2.75) is 27.7 Å². The van der Waals surface area contributed by atoms with Gasteiger partial charge >= 0.3 is 28.1 Å². The quantitative estimate of drug-likeness (QED) is 0.495. The van der Waals surface area contributed by atoms with Crippen molar-refractivity contribution in [3.05, 3.63) is 0 Å². The van der Waals surface area contributed by atoms with Crippen LogP contribution in [0.1, 0.15) is 27.7 Å². The molecule has 0 aromatic rings. The van der Waals surface area contributed by atoms with E-state index in [1.807, 2.05) is 0 Å². The van der Waals surface area contributed by atoms with Crippen LogP contribution in [0.25, 0.3) is 0 Å². The summed E-state index contributed by atoms with van der Waals surface area (Å²) in [4.78, 5) is 0. The van der Waals surface area contributed by atoms with Gasteiger partial charge in [-0.05, 0) is 27.7 Å². The Morgan fingerprint density at radius 1 is 0.833 bits per heavy atom. The molecule has 0 radical (unpaired) electrons. The molecule has 0 aliphatic rings. The molecule has 0 unspecified atom stereocenters. The molecular weight excluding hydrogens is 275 g/mol. The topological polar surface area (TPSA) is 0 Å². The van der Waals surface area contributed by atoms with Gasteiger partial charge in [0.05, 0.1) is 26.2 Å². The molecule has 1 nitrogen and oxygen atoms in total. The Morgan fingerprint density at radius 3 is 1.00 bits per heavy atom. The number of hydrogen-bond donors (Lipinski definition) is 0. The van der Waals surface area contributed by atoms with Gasteiger partial charge in [-0.2, -0.15) is 0 Å². The molecule has 0 N–H and O–H groups in total. The van der Waals surface area contributed by atoms with E-state index in [0.29, 0.717) is 0 Å². The molecule has 78 valence electrons. The first-order valence-corrected chi connectivity index (χ1v) is 6.01. The van der Waals surface area contributed by atoms with Crippen LogP contribution < -0.4 is 22.4 Å². The summed E-state index contributed by atoms with van der Waals surface area (Å²) in [6.45, 7) is 14.2. The van der Waals surface area contributed by atoms with Crippen molar-refractivity contribution in [1.82, 2.24) is 0 Å². The van der Waals surface area contributed by atoms with Crippen LogP contribution in [0, 0.1) is 0 Å². The first-order valence-electron chi connectivity index (χ1n) is 4.38. The van der Waals surface area contributed by atoms with Crippen molar-refractivity contribution in [2.24, 2.45) is 0 Å². The third kappa shape index (κ3) is 6.11. The molecule has 0 saturated heterocycles. The summed E-state index contributed by atoms with van der Waals surface area (Å²) in [7, 11) is 0. The fourth-order valence-electron chi connectivity index (χ4n) is 1.34. The van der Waals surface area contributed by atoms with Gasteiger partial charge in [0, 0.05) is 0 Å². The standard InChI is InChI=1S/C8H20N.F2I/c1-5-9(6-2,7-3)8-4;1-3-2/h5-8H2,1-4H3;/q+1;-1. The minimum absolute atomic E-state index is 1.28. The molecule has 0 saturated carbocycles. The minimum atomic E-state index is -2.41. The predicted octanol–water partition coefficient (Wildman–Crippen LogP) is -0.273. The average Bonchev–Trinajstić information content (AvgIpc) is 2.11. The number of rotatable bonds is 4. The van der Waals surface area contributed by atoms with E-state index in [-0.39, 0.29) is 0 Å². The fourth-order valence-corrected chi connectivity index (χ4v) is 1.34. The Morgan fingerprint density at radius 2 is 1.00 bits per heavy atom. The zero-order valence-corrected chi connectivity index (χ0v) is 10.6. The predicted molar refractivity (Wildman–Crippen MR) is 44.6 cm³/mol. The molecule has 0 rings (SSSR count). The van der Waals surface area contributed by atoms with Gasteiger partial charge in [0.25, 0.3) is 0 Å². The maximum absolute atomic E-state index is 9.74. The normalized spacial score (nSPS) is 10.8. The Balaban J connectivity index is 0. The van der Waals surface area contributed by atoms with Gasteiger partial charge in [0.2, 0.25) is 0 Å². The zero-order valence-electron chi connectivity index (χ0n) is 8.41. The van der Waals surface area contributed by atoms with E-state index in [1.165, 1.54) is 30.7 Å².